The van der Waals surface area contributed by atoms with E-state index in [0.717, 1.165) is 9.20 Å². The predicted molar refractivity (Wildman–Crippen MR) is 112 cm³/mol. The van der Waals surface area contributed by atoms with Gasteiger partial charge in [0.1, 0.15) is 6.54 Å². The van der Waals surface area contributed by atoms with Crippen molar-refractivity contribution < 1.29 is 22.7 Å². The molecule has 3 aromatic rings. The normalized spacial score (nSPS) is 12.0. The smallest absolute Gasteiger partial charge is 0.367 e. The first-order valence-corrected chi connectivity index (χ1v) is 10.7. The lowest BCUT2D eigenvalue weighted by molar-refractivity contribution is -0.117. The van der Waals surface area contributed by atoms with Gasteiger partial charge in [0.15, 0.2) is 22.2 Å². The summed E-state index contributed by atoms with van der Waals surface area (Å²) in [5.74, 6) is 0.423. The van der Waals surface area contributed by atoms with E-state index in [0.29, 0.717) is 17.2 Å². The molecule has 0 atom stereocenters. The van der Waals surface area contributed by atoms with E-state index in [9.17, 15) is 18.0 Å². The molecule has 0 aliphatic carbocycles. The number of nitrogens with zero attached hydrogens (tertiary/aromatic N) is 4. The quantitative estimate of drug-likeness (QED) is 0.592. The summed E-state index contributed by atoms with van der Waals surface area (Å²) in [6.07, 6.45) is 0. The Kier molecular flexibility index (Phi) is 5.77. The number of carbonyl (C=O) groups excluding carboxylic acids is 1. The number of hydrogen-bond acceptors (Lipinski definition) is 8. The van der Waals surface area contributed by atoms with Crippen LogP contribution in [0, 0.1) is 0 Å². The first kappa shape index (κ1) is 22.3. The minimum atomic E-state index is -3.76. The molecule has 12 heteroatoms. The van der Waals surface area contributed by atoms with Gasteiger partial charge < -0.3 is 14.8 Å². The summed E-state index contributed by atoms with van der Waals surface area (Å²) in [5.41, 5.74) is -0.170. The molecule has 0 bridgehead atoms. The first-order valence-electron chi connectivity index (χ1n) is 9.21. The highest BCUT2D eigenvalue weighted by molar-refractivity contribution is 7.92. The highest BCUT2D eigenvalue weighted by Gasteiger charge is 2.33. The van der Waals surface area contributed by atoms with Gasteiger partial charge in [-0.2, -0.15) is 4.52 Å². The van der Waals surface area contributed by atoms with Crippen LogP contribution in [-0.2, 0) is 21.2 Å². The van der Waals surface area contributed by atoms with Gasteiger partial charge in [-0.25, -0.2) is 17.9 Å². The molecule has 0 saturated heterocycles. The SMILES string of the molecule is COc1ccc(NC(=O)Cn2nc3ccc(S(=O)(=O)C(C)(C)C)nn3c2=O)cc1OC. The van der Waals surface area contributed by atoms with Gasteiger partial charge >= 0.3 is 5.69 Å². The standard InChI is InChI=1S/C19H23N5O6S/c1-19(2,3)31(27,28)17-9-8-15-21-23(18(26)24(15)22-17)11-16(25)20-12-6-7-13(29-4)14(10-12)30-5/h6-10H,11H2,1-5H3,(H,20,25). The highest BCUT2D eigenvalue weighted by Crippen LogP contribution is 2.29. The lowest BCUT2D eigenvalue weighted by Gasteiger charge is -2.17. The molecular weight excluding hydrogens is 426 g/mol. The molecule has 2 heterocycles. The van der Waals surface area contributed by atoms with Crippen molar-refractivity contribution in [2.45, 2.75) is 37.1 Å². The van der Waals surface area contributed by atoms with Gasteiger partial charge in [-0.1, -0.05) is 0 Å². The summed E-state index contributed by atoms with van der Waals surface area (Å²) in [5, 5.41) is 10.4. The van der Waals surface area contributed by atoms with Gasteiger partial charge in [-0.3, -0.25) is 4.79 Å². The fourth-order valence-corrected chi connectivity index (χ4v) is 3.77. The average molecular weight is 449 g/mol. The molecule has 11 nitrogen and oxygen atoms in total. The van der Waals surface area contributed by atoms with Gasteiger partial charge in [0.25, 0.3) is 0 Å². The van der Waals surface area contributed by atoms with Crippen molar-refractivity contribution in [2.24, 2.45) is 0 Å². The van der Waals surface area contributed by atoms with Crippen LogP contribution in [0.4, 0.5) is 5.69 Å². The number of nitrogens with one attached hydrogen (secondary N) is 1. The number of ether oxygens (including phenoxy) is 2. The van der Waals surface area contributed by atoms with Crippen LogP contribution in [-0.4, -0.2) is 52.7 Å². The van der Waals surface area contributed by atoms with E-state index < -0.39 is 32.7 Å². The van der Waals surface area contributed by atoms with Gasteiger partial charge in [0.2, 0.25) is 15.7 Å². The minimum absolute atomic E-state index is 0.122. The predicted octanol–water partition coefficient (Wildman–Crippen LogP) is 1.12. The lowest BCUT2D eigenvalue weighted by atomic mass is 10.2. The van der Waals surface area contributed by atoms with Gasteiger partial charge in [0.05, 0.1) is 19.0 Å². The zero-order valence-electron chi connectivity index (χ0n) is 17.7. The van der Waals surface area contributed by atoms with Crippen molar-refractivity contribution in [3.8, 4) is 11.5 Å². The molecule has 0 spiro atoms. The first-order chi connectivity index (χ1) is 14.5. The zero-order chi connectivity index (χ0) is 23.0. The molecule has 0 saturated carbocycles. The van der Waals surface area contributed by atoms with E-state index in [1.807, 2.05) is 0 Å². The zero-order valence-corrected chi connectivity index (χ0v) is 18.6. The third kappa shape index (κ3) is 4.24. The number of hydrogen-bond donors (Lipinski definition) is 1. The van der Waals surface area contributed by atoms with Crippen molar-refractivity contribution in [1.29, 1.82) is 0 Å². The number of carbonyl (C=O) groups is 1. The monoisotopic (exact) mass is 449 g/mol. The Labute approximate surface area is 178 Å². The maximum absolute atomic E-state index is 12.6. The number of methoxy groups -OCH3 is 2. The molecule has 0 aliphatic heterocycles. The molecule has 0 unspecified atom stereocenters. The second-order valence-electron chi connectivity index (χ2n) is 7.62. The summed E-state index contributed by atoms with van der Waals surface area (Å²) in [6.45, 7) is 4.23. The maximum atomic E-state index is 12.6. The molecule has 1 N–H and O–H groups in total. The number of fused-ring (bicyclic) bond motifs is 1. The van der Waals surface area contributed by atoms with Crippen LogP contribution in [0.1, 0.15) is 20.8 Å². The molecule has 0 aliphatic rings. The van der Waals surface area contributed by atoms with E-state index in [-0.39, 0.29) is 10.7 Å². The molecule has 1 aromatic carbocycles. The second-order valence-corrected chi connectivity index (χ2v) is 10.3. The largest absolute Gasteiger partial charge is 0.493 e. The lowest BCUT2D eigenvalue weighted by Crippen LogP contribution is -2.31. The molecule has 31 heavy (non-hydrogen) atoms. The number of amides is 1. The van der Waals surface area contributed by atoms with Gasteiger partial charge in [-0.05, 0) is 45.0 Å². The van der Waals surface area contributed by atoms with Gasteiger partial charge in [0, 0.05) is 11.8 Å². The Morgan fingerprint density at radius 1 is 1.06 bits per heavy atom. The number of anilines is 1. The Bertz CT molecular complexity index is 1300. The molecular formula is C19H23N5O6S. The topological polar surface area (TPSA) is 134 Å². The van der Waals surface area contributed by atoms with Crippen LogP contribution < -0.4 is 20.5 Å². The van der Waals surface area contributed by atoms with Crippen LogP contribution in [0.25, 0.3) is 5.65 Å². The van der Waals surface area contributed by atoms with Crippen LogP contribution in [0.5, 0.6) is 11.5 Å². The van der Waals surface area contributed by atoms with Crippen LogP contribution in [0.2, 0.25) is 0 Å². The maximum Gasteiger partial charge on any atom is 0.367 e. The molecule has 2 aromatic heterocycles. The van der Waals surface area contributed by atoms with Crippen molar-refractivity contribution >= 4 is 27.1 Å². The fraction of sp³-hybridized carbons (Fsp3) is 0.368. The van der Waals surface area contributed by atoms with E-state index in [4.69, 9.17) is 9.47 Å². The third-order valence-electron chi connectivity index (χ3n) is 4.46. The highest BCUT2D eigenvalue weighted by atomic mass is 32.2. The summed E-state index contributed by atoms with van der Waals surface area (Å²) >= 11 is 0. The van der Waals surface area contributed by atoms with E-state index in [1.54, 1.807) is 39.0 Å². The van der Waals surface area contributed by atoms with Gasteiger partial charge in [-0.15, -0.1) is 10.2 Å². The van der Waals surface area contributed by atoms with Crippen LogP contribution in [0.3, 0.4) is 0 Å². The van der Waals surface area contributed by atoms with Crippen molar-refractivity contribution in [2.75, 3.05) is 19.5 Å². The summed E-state index contributed by atoms with van der Waals surface area (Å²) < 4.78 is 36.2. The number of sulfone groups is 1. The Morgan fingerprint density at radius 2 is 1.74 bits per heavy atom. The fourth-order valence-electron chi connectivity index (χ4n) is 2.70. The Balaban J connectivity index is 1.86. The molecule has 1 amide bonds. The third-order valence-corrected chi connectivity index (χ3v) is 6.84. The van der Waals surface area contributed by atoms with Crippen LogP contribution >= 0.6 is 0 Å². The Morgan fingerprint density at radius 3 is 2.35 bits per heavy atom. The van der Waals surface area contributed by atoms with Crippen molar-refractivity contribution in [1.82, 2.24) is 19.4 Å². The summed E-state index contributed by atoms with van der Waals surface area (Å²) in [4.78, 5) is 25.0. The summed E-state index contributed by atoms with van der Waals surface area (Å²) in [6, 6.07) is 7.49. The molecule has 0 fully saturated rings. The van der Waals surface area contributed by atoms with Crippen molar-refractivity contribution in [3.05, 3.63) is 40.8 Å². The molecule has 3 rings (SSSR count). The number of benzene rings is 1. The second kappa shape index (κ2) is 8.02. The van der Waals surface area contributed by atoms with Crippen molar-refractivity contribution in [3.63, 3.8) is 0 Å². The van der Waals surface area contributed by atoms with E-state index in [2.05, 4.69) is 15.5 Å². The molecule has 166 valence electrons. The average Bonchev–Trinajstić information content (AvgIpc) is 3.01. The van der Waals surface area contributed by atoms with E-state index >= 15 is 0 Å². The van der Waals surface area contributed by atoms with Crippen LogP contribution in [0.15, 0.2) is 40.2 Å². The Hall–Kier alpha value is -3.41. The number of rotatable bonds is 6. The number of aromatic nitrogens is 4. The minimum Gasteiger partial charge on any atom is -0.493 e. The summed E-state index contributed by atoms with van der Waals surface area (Å²) in [7, 11) is -0.790. The van der Waals surface area contributed by atoms with E-state index in [1.165, 1.54) is 26.4 Å². The molecule has 0 radical (unpaired) electrons.